The Hall–Kier alpha value is -8.42. The molecule has 128 heavy (non-hydrogen) atoms. The van der Waals surface area contributed by atoms with Crippen molar-refractivity contribution in [1.29, 1.82) is 0 Å². The number of fused-ring (bicyclic) bond motifs is 3. The molecule has 20 nitrogen and oxygen atoms in total. The van der Waals surface area contributed by atoms with Gasteiger partial charge in [-0.2, -0.15) is 0 Å². The molecule has 6 amide bonds. The van der Waals surface area contributed by atoms with Gasteiger partial charge in [0, 0.05) is 190 Å². The van der Waals surface area contributed by atoms with Crippen LogP contribution in [0.2, 0.25) is 15.1 Å². The number of halogens is 6. The number of benzene rings is 9. The summed E-state index contributed by atoms with van der Waals surface area (Å²) < 4.78 is 10.5. The third-order valence-corrected chi connectivity index (χ3v) is 30.8. The number of aryl methyl sites for hydroxylation is 3. The number of morpholine rings is 2. The van der Waals surface area contributed by atoms with Crippen LogP contribution in [0.3, 0.4) is 0 Å². The second-order valence-electron chi connectivity index (χ2n) is 33.2. The van der Waals surface area contributed by atoms with Crippen LogP contribution in [0.15, 0.2) is 247 Å². The summed E-state index contributed by atoms with van der Waals surface area (Å²) >= 11 is 33.9. The largest absolute Gasteiger partial charge is 0.396 e. The Labute approximate surface area is 799 Å². The van der Waals surface area contributed by atoms with Gasteiger partial charge in [-0.1, -0.05) is 190 Å². The summed E-state index contributed by atoms with van der Waals surface area (Å²) in [4.78, 5) is 109. The molecule has 12 aromatic rings. The van der Waals surface area contributed by atoms with Crippen molar-refractivity contribution in [1.82, 2.24) is 55.4 Å². The Balaban J connectivity index is 0.000000148. The number of aliphatic hydroxyl groups is 1. The average molecular weight is 2030 g/mol. The van der Waals surface area contributed by atoms with Crippen LogP contribution in [0.4, 0.5) is 0 Å². The zero-order valence-corrected chi connectivity index (χ0v) is 80.9. The molecule has 3 aromatic heterocycles. The van der Waals surface area contributed by atoms with Gasteiger partial charge < -0.3 is 60.2 Å². The Morgan fingerprint density at radius 2 is 0.703 bits per heavy atom. The summed E-state index contributed by atoms with van der Waals surface area (Å²) in [6.45, 7) is 17.1. The number of nitrogens with zero attached hydrogens (tertiary/aromatic N) is 5. The Kier molecular flexibility index (Phi) is 31.9. The predicted octanol–water partition coefficient (Wildman–Crippen LogP) is 20.3. The van der Waals surface area contributed by atoms with Gasteiger partial charge in [0.15, 0.2) is 0 Å². The lowest BCUT2D eigenvalue weighted by molar-refractivity contribution is -0.130. The number of H-pyrrole nitrogens is 3. The topological polar surface area (TPSA) is 241 Å². The first kappa shape index (κ1) is 94.2. The summed E-state index contributed by atoms with van der Waals surface area (Å²) in [5, 5.41) is 23.5. The van der Waals surface area contributed by atoms with E-state index < -0.39 is 32.4 Å². The van der Waals surface area contributed by atoms with E-state index >= 15 is 0 Å². The van der Waals surface area contributed by atoms with Crippen molar-refractivity contribution in [2.24, 2.45) is 0 Å². The van der Waals surface area contributed by atoms with Crippen molar-refractivity contribution >= 4 is 186 Å². The van der Waals surface area contributed by atoms with Gasteiger partial charge in [0.05, 0.1) is 63.8 Å². The fraction of sp³-hybridized carbons (Fsp3) is 0.333. The minimum Gasteiger partial charge on any atom is -0.396 e. The molecule has 0 unspecified atom stereocenters. The summed E-state index contributed by atoms with van der Waals surface area (Å²) in [7, 11) is 0. The van der Waals surface area contributed by atoms with Crippen LogP contribution in [0.5, 0.6) is 0 Å². The average Bonchev–Trinajstić information content (AvgIpc) is 1.58. The van der Waals surface area contributed by atoms with E-state index in [2.05, 4.69) is 101 Å². The van der Waals surface area contributed by atoms with Crippen LogP contribution < -0.4 is 16.0 Å². The van der Waals surface area contributed by atoms with E-state index in [-0.39, 0.29) is 61.3 Å². The highest BCUT2D eigenvalue weighted by molar-refractivity contribution is 9.11. The van der Waals surface area contributed by atoms with E-state index in [1.54, 1.807) is 0 Å². The maximum absolute atomic E-state index is 14.6. The number of nitrogens with one attached hydrogen (secondary N) is 6. The molecule has 5 aliphatic heterocycles. The molecular weight excluding hydrogens is 1930 g/mol. The van der Waals surface area contributed by atoms with Crippen molar-refractivity contribution in [2.75, 3.05) is 91.9 Å². The minimum atomic E-state index is -1.13. The van der Waals surface area contributed by atoms with E-state index in [1.165, 1.54) is 35.3 Å². The van der Waals surface area contributed by atoms with Crippen molar-refractivity contribution in [3.05, 3.63) is 297 Å². The number of carbonyl (C=O) groups is 6. The van der Waals surface area contributed by atoms with Crippen LogP contribution in [0.1, 0.15) is 113 Å². The third kappa shape index (κ3) is 22.3. The van der Waals surface area contributed by atoms with E-state index in [4.69, 9.17) is 44.3 Å². The highest BCUT2D eigenvalue weighted by Gasteiger charge is 2.62. The second kappa shape index (κ2) is 43.3. The highest BCUT2D eigenvalue weighted by Crippen LogP contribution is 2.58. The first-order chi connectivity index (χ1) is 61.9. The lowest BCUT2D eigenvalue weighted by Gasteiger charge is -2.36. The van der Waals surface area contributed by atoms with Crippen LogP contribution in [-0.4, -0.2) is 186 Å². The summed E-state index contributed by atoms with van der Waals surface area (Å²) in [6, 6.07) is 63.8. The predicted molar refractivity (Wildman–Crippen MR) is 524 cm³/mol. The van der Waals surface area contributed by atoms with Crippen LogP contribution in [0.25, 0.3) is 32.7 Å². The molecule has 5 fully saturated rings. The molecule has 8 heterocycles. The number of aliphatic hydroxyl groups excluding tert-OH is 1. The second-order valence-corrected chi connectivity index (χ2v) is 41.5. The van der Waals surface area contributed by atoms with Gasteiger partial charge in [-0.3, -0.25) is 38.6 Å². The molecule has 7 N–H and O–H groups in total. The van der Waals surface area contributed by atoms with Crippen molar-refractivity contribution in [3.8, 4) is 0 Å². The number of unbranched alkanes of at least 4 members (excludes halogenated alkanes) is 2. The van der Waals surface area contributed by atoms with Crippen molar-refractivity contribution < 1.29 is 43.3 Å². The van der Waals surface area contributed by atoms with Crippen LogP contribution in [0, 0.1) is 20.8 Å². The van der Waals surface area contributed by atoms with E-state index in [0.29, 0.717) is 80.4 Å². The normalized spacial score (nSPS) is 20.2. The number of ether oxygens (including phenoxy) is 2. The zero-order valence-electron chi connectivity index (χ0n) is 71.4. The summed E-state index contributed by atoms with van der Waals surface area (Å²) in [5.41, 5.74) is 11.6. The lowest BCUT2D eigenvalue weighted by Crippen LogP contribution is -2.50. The standard InChI is InChI=1S/C35H38BrClN4O3S.C33H34BrClN4O3S.C31H31BrClN3O3S/c1-24-4-11-28(12-5-24)45-35(34(43)38-14-2-3-15-40-16-18-44-19-17-40)21-32(42)41(23-25-6-8-26(36)9-7-25)33(35)30-22-39-31-20-27(37)10-13-29(30)31;1-22-2-9-26(10-3-22)43-33(32(41)36-12-13-38-14-16-42-17-15-38)19-30(40)39(21-23-4-6-24(34)7-5-23)31(33)28-20-37-29-18-25(35)8-11-27(28)29;1-20-4-11-24(12-5-20)40-31(30(39)34-14-2-3-15-37)17-28(38)36(19-21-6-8-22(32)9-7-21)29(31)26-18-35-27-16-23(33)10-13-25(26)27/h4-13,20,22,33,39H,2-3,14-19,21,23H2,1H3,(H,38,43);2-11,18,20,31,37H,12-17,19,21H2,1H3,(H,36,41);4-13,16,18,29,35,37H,2-3,14-15,17,19H2,1H3,(H,34,39)/t33-,35-;31-,33-;29-,31-/m000/s1. The maximum atomic E-state index is 14.6. The smallest absolute Gasteiger partial charge is 0.239 e. The van der Waals surface area contributed by atoms with Gasteiger partial charge >= 0.3 is 0 Å². The zero-order chi connectivity index (χ0) is 89.6. The Morgan fingerprint density at radius 3 is 1.02 bits per heavy atom. The number of thioether (sulfide) groups is 3. The van der Waals surface area contributed by atoms with Gasteiger partial charge in [0.25, 0.3) is 0 Å². The van der Waals surface area contributed by atoms with Crippen molar-refractivity contribution in [2.45, 2.75) is 132 Å². The molecule has 0 radical (unpaired) electrons. The Morgan fingerprint density at radius 1 is 0.406 bits per heavy atom. The van der Waals surface area contributed by atoms with Crippen LogP contribution in [-0.2, 0) is 57.9 Å². The SMILES string of the molecule is Cc1ccc(S[C@@]2(C(=O)NCCCCN3CCOCC3)CC(=O)N(Cc3ccc(Br)cc3)[C@H]2c2c[nH]c3cc(Cl)ccc23)cc1.Cc1ccc(S[C@@]2(C(=O)NCCCCO)CC(=O)N(Cc3ccc(Br)cc3)[C@H]2c2c[nH]c3cc(Cl)ccc23)cc1.Cc1ccc(S[C@@]2(C(=O)NCCN3CCOCC3)CC(=O)N(Cc3ccc(Br)cc3)[C@H]2c2c[nH]c3cc(Cl)ccc23)cc1. The fourth-order valence-electron chi connectivity index (χ4n) is 17.7. The molecule has 0 bridgehead atoms. The molecule has 668 valence electrons. The molecule has 0 saturated carbocycles. The molecule has 6 atom stereocenters. The van der Waals surface area contributed by atoms with Crippen molar-refractivity contribution in [3.63, 3.8) is 0 Å². The number of rotatable bonds is 30. The molecule has 5 aliphatic rings. The minimum absolute atomic E-state index is 0.0479. The van der Waals surface area contributed by atoms with Gasteiger partial charge in [-0.25, -0.2) is 0 Å². The number of aromatic nitrogens is 3. The third-order valence-electron chi connectivity index (χ3n) is 24.3. The number of likely N-dealkylation sites (tertiary alicyclic amines) is 3. The number of carbonyl (C=O) groups excluding carboxylic acids is 6. The summed E-state index contributed by atoms with van der Waals surface area (Å²) in [6.07, 6.45) is 9.11. The highest BCUT2D eigenvalue weighted by atomic mass is 79.9. The van der Waals surface area contributed by atoms with Crippen LogP contribution >= 0.6 is 118 Å². The maximum Gasteiger partial charge on any atom is 0.239 e. The number of hydrogen-bond donors (Lipinski definition) is 7. The molecule has 0 aliphatic carbocycles. The van der Waals surface area contributed by atoms with Gasteiger partial charge in [-0.15, -0.1) is 35.3 Å². The lowest BCUT2D eigenvalue weighted by atomic mass is 9.91. The molecule has 29 heteroatoms. The Bertz CT molecular complexity index is 5890. The van der Waals surface area contributed by atoms with E-state index in [9.17, 15) is 33.9 Å². The van der Waals surface area contributed by atoms with Gasteiger partial charge in [0.1, 0.15) is 14.2 Å². The number of amides is 6. The molecule has 9 aromatic carbocycles. The fourth-order valence-corrected chi connectivity index (χ4v) is 23.2. The summed E-state index contributed by atoms with van der Waals surface area (Å²) in [5.74, 6) is -0.615. The van der Waals surface area contributed by atoms with E-state index in [1.807, 2.05) is 242 Å². The molecule has 5 saturated heterocycles. The number of aromatic amines is 3. The van der Waals surface area contributed by atoms with Gasteiger partial charge in [-0.05, 0) is 179 Å². The quantitative estimate of drug-likeness (QED) is 0.0207. The molecular formula is C99H103Br3Cl3N11O9S3. The monoisotopic (exact) mass is 2030 g/mol. The first-order valence-corrected chi connectivity index (χ1v) is 49.2. The number of hydrogen-bond acceptors (Lipinski definition) is 14. The van der Waals surface area contributed by atoms with E-state index in [0.717, 1.165) is 176 Å². The molecule has 17 rings (SSSR count). The molecule has 0 spiro atoms. The van der Waals surface area contributed by atoms with Gasteiger partial charge in [0.2, 0.25) is 35.4 Å². The first-order valence-electron chi connectivity index (χ1n) is 43.2.